The largest absolute Gasteiger partial charge is 0.493 e. The first-order valence-electron chi connectivity index (χ1n) is 9.71. The molecule has 1 fully saturated rings. The first kappa shape index (κ1) is 23.1. The van der Waals surface area contributed by atoms with Crippen molar-refractivity contribution in [2.75, 3.05) is 13.7 Å². The molecule has 6 nitrogen and oxygen atoms in total. The molecule has 1 aliphatic heterocycles. The molecule has 1 heterocycles. The van der Waals surface area contributed by atoms with Crippen LogP contribution >= 0.6 is 27.7 Å². The van der Waals surface area contributed by atoms with E-state index in [9.17, 15) is 14.4 Å². The minimum Gasteiger partial charge on any atom is -0.493 e. The Hall–Kier alpha value is -2.58. The van der Waals surface area contributed by atoms with Gasteiger partial charge in [0.1, 0.15) is 0 Å². The lowest BCUT2D eigenvalue weighted by molar-refractivity contribution is -0.122. The molecule has 2 aromatic carbocycles. The van der Waals surface area contributed by atoms with Gasteiger partial charge in [0, 0.05) is 10.0 Å². The highest BCUT2D eigenvalue weighted by Gasteiger charge is 2.36. The van der Waals surface area contributed by atoms with Gasteiger partial charge in [0.25, 0.3) is 11.1 Å². The Kier molecular flexibility index (Phi) is 7.56. The molecule has 0 bridgehead atoms. The molecular formula is C23H22BrNO5S. The SMILES string of the molecule is CC[C@@H](C)Oc1ccc(/C=C2\SC(=O)N(CC(=O)c3ccc(Br)cc3)C2=O)cc1OC. The van der Waals surface area contributed by atoms with E-state index in [1.807, 2.05) is 13.8 Å². The van der Waals surface area contributed by atoms with Crippen molar-refractivity contribution in [3.05, 3.63) is 63.0 Å². The van der Waals surface area contributed by atoms with Crippen LogP contribution in [0.1, 0.15) is 36.2 Å². The number of Topliss-reactive ketones (excluding diaryl/α,β-unsaturated/α-hetero) is 1. The third kappa shape index (κ3) is 5.57. The molecule has 0 saturated carbocycles. The summed E-state index contributed by atoms with van der Waals surface area (Å²) in [4.78, 5) is 38.8. The summed E-state index contributed by atoms with van der Waals surface area (Å²) in [5.41, 5.74) is 1.13. The van der Waals surface area contributed by atoms with Crippen molar-refractivity contribution in [3.63, 3.8) is 0 Å². The Morgan fingerprint density at radius 3 is 2.52 bits per heavy atom. The summed E-state index contributed by atoms with van der Waals surface area (Å²) >= 11 is 4.13. The highest BCUT2D eigenvalue weighted by Crippen LogP contribution is 2.35. The summed E-state index contributed by atoms with van der Waals surface area (Å²) in [5, 5.41) is -0.467. The first-order valence-corrected chi connectivity index (χ1v) is 11.3. The summed E-state index contributed by atoms with van der Waals surface area (Å²) in [7, 11) is 1.55. The van der Waals surface area contributed by atoms with E-state index in [0.717, 1.165) is 27.6 Å². The summed E-state index contributed by atoms with van der Waals surface area (Å²) in [6.07, 6.45) is 2.52. The molecule has 0 radical (unpaired) electrons. The fourth-order valence-corrected chi connectivity index (χ4v) is 3.93. The summed E-state index contributed by atoms with van der Waals surface area (Å²) in [6, 6.07) is 12.1. The van der Waals surface area contributed by atoms with Gasteiger partial charge in [-0.3, -0.25) is 19.3 Å². The van der Waals surface area contributed by atoms with Crippen molar-refractivity contribution in [1.29, 1.82) is 0 Å². The second-order valence-electron chi connectivity index (χ2n) is 6.94. The van der Waals surface area contributed by atoms with Gasteiger partial charge in [-0.05, 0) is 61.0 Å². The molecule has 0 aliphatic carbocycles. The molecule has 1 aliphatic rings. The minimum atomic E-state index is -0.487. The van der Waals surface area contributed by atoms with Crippen LogP contribution in [0.15, 0.2) is 51.8 Å². The number of halogens is 1. The van der Waals surface area contributed by atoms with Crippen LogP contribution < -0.4 is 9.47 Å². The minimum absolute atomic E-state index is 0.0412. The number of ketones is 1. The summed E-state index contributed by atoms with van der Waals surface area (Å²) in [6.45, 7) is 3.71. The molecule has 1 atom stereocenters. The Labute approximate surface area is 193 Å². The van der Waals surface area contributed by atoms with Crippen molar-refractivity contribution in [3.8, 4) is 11.5 Å². The number of carbonyl (C=O) groups excluding carboxylic acids is 3. The van der Waals surface area contributed by atoms with Gasteiger partial charge in [0.15, 0.2) is 17.3 Å². The first-order chi connectivity index (χ1) is 14.8. The summed E-state index contributed by atoms with van der Waals surface area (Å²) < 4.78 is 12.1. The highest BCUT2D eigenvalue weighted by molar-refractivity contribution is 9.10. The number of amides is 2. The molecule has 2 amide bonds. The van der Waals surface area contributed by atoms with Crippen molar-refractivity contribution >= 4 is 50.7 Å². The molecule has 8 heteroatoms. The molecule has 162 valence electrons. The molecule has 1 saturated heterocycles. The topological polar surface area (TPSA) is 72.9 Å². The fourth-order valence-electron chi connectivity index (χ4n) is 2.83. The van der Waals surface area contributed by atoms with E-state index < -0.39 is 11.1 Å². The van der Waals surface area contributed by atoms with Crippen LogP contribution in [0.2, 0.25) is 0 Å². The standard InChI is InChI=1S/C23H22BrNO5S/c1-4-14(2)30-19-10-5-15(11-20(19)29-3)12-21-22(27)25(23(28)31-21)13-18(26)16-6-8-17(24)9-7-16/h5-12,14H,4,13H2,1-3H3/b21-12-/t14-/m1/s1. The number of thioether (sulfide) groups is 1. The number of carbonyl (C=O) groups is 3. The predicted molar refractivity (Wildman–Crippen MR) is 125 cm³/mol. The molecule has 2 aromatic rings. The van der Waals surface area contributed by atoms with Crippen LogP contribution in [0.4, 0.5) is 4.79 Å². The Morgan fingerprint density at radius 1 is 1.16 bits per heavy atom. The van der Waals surface area contributed by atoms with Gasteiger partial charge in [0.2, 0.25) is 0 Å². The maximum absolute atomic E-state index is 12.7. The number of methoxy groups -OCH3 is 1. The average Bonchev–Trinajstić information content (AvgIpc) is 3.02. The molecule has 0 aromatic heterocycles. The van der Waals surface area contributed by atoms with Crippen LogP contribution in [0.3, 0.4) is 0 Å². The van der Waals surface area contributed by atoms with Crippen LogP contribution in [0.25, 0.3) is 6.08 Å². The van der Waals surface area contributed by atoms with E-state index in [0.29, 0.717) is 22.6 Å². The smallest absolute Gasteiger partial charge is 0.293 e. The van der Waals surface area contributed by atoms with Gasteiger partial charge in [-0.2, -0.15) is 0 Å². The van der Waals surface area contributed by atoms with Gasteiger partial charge in [-0.25, -0.2) is 0 Å². The Balaban J connectivity index is 1.76. The molecule has 0 N–H and O–H groups in total. The van der Waals surface area contributed by atoms with Gasteiger partial charge in [-0.15, -0.1) is 0 Å². The summed E-state index contributed by atoms with van der Waals surface area (Å²) in [5.74, 6) is 0.365. The molecular weight excluding hydrogens is 482 g/mol. The van der Waals surface area contributed by atoms with E-state index >= 15 is 0 Å². The monoisotopic (exact) mass is 503 g/mol. The number of rotatable bonds is 8. The third-order valence-corrected chi connectivity index (χ3v) is 6.17. The van der Waals surface area contributed by atoms with Crippen LogP contribution in [0, 0.1) is 0 Å². The zero-order valence-electron chi connectivity index (χ0n) is 17.4. The molecule has 0 spiro atoms. The van der Waals surface area contributed by atoms with E-state index in [-0.39, 0.29) is 23.3 Å². The van der Waals surface area contributed by atoms with E-state index in [1.165, 1.54) is 0 Å². The third-order valence-electron chi connectivity index (χ3n) is 4.73. The normalized spacial score (nSPS) is 16.0. The lowest BCUT2D eigenvalue weighted by Gasteiger charge is -2.15. The number of benzene rings is 2. The zero-order chi connectivity index (χ0) is 22.5. The second kappa shape index (κ2) is 10.2. The van der Waals surface area contributed by atoms with Gasteiger partial charge >= 0.3 is 0 Å². The maximum Gasteiger partial charge on any atom is 0.293 e. The second-order valence-corrected chi connectivity index (χ2v) is 8.85. The number of hydrogen-bond donors (Lipinski definition) is 0. The fraction of sp³-hybridized carbons (Fsp3) is 0.261. The predicted octanol–water partition coefficient (Wildman–Crippen LogP) is 5.55. The van der Waals surface area contributed by atoms with Gasteiger partial charge < -0.3 is 9.47 Å². The quantitative estimate of drug-likeness (QED) is 0.347. The lowest BCUT2D eigenvalue weighted by atomic mass is 10.1. The van der Waals surface area contributed by atoms with Gasteiger partial charge in [-0.1, -0.05) is 41.1 Å². The van der Waals surface area contributed by atoms with E-state index in [4.69, 9.17) is 9.47 Å². The molecule has 3 rings (SSSR count). The molecule has 31 heavy (non-hydrogen) atoms. The Morgan fingerprint density at radius 2 is 1.87 bits per heavy atom. The van der Waals surface area contributed by atoms with Crippen molar-refractivity contribution < 1.29 is 23.9 Å². The highest BCUT2D eigenvalue weighted by atomic mass is 79.9. The van der Waals surface area contributed by atoms with Crippen LogP contribution in [0.5, 0.6) is 11.5 Å². The van der Waals surface area contributed by atoms with Crippen LogP contribution in [-0.4, -0.2) is 41.6 Å². The molecule has 0 unspecified atom stereocenters. The van der Waals surface area contributed by atoms with E-state index in [1.54, 1.807) is 55.7 Å². The maximum atomic E-state index is 12.7. The van der Waals surface area contributed by atoms with Crippen molar-refractivity contribution in [1.82, 2.24) is 4.90 Å². The number of imide groups is 1. The lowest BCUT2D eigenvalue weighted by Crippen LogP contribution is -2.33. The van der Waals surface area contributed by atoms with Crippen LogP contribution in [-0.2, 0) is 4.79 Å². The average molecular weight is 504 g/mol. The van der Waals surface area contributed by atoms with Crippen molar-refractivity contribution in [2.45, 2.75) is 26.4 Å². The van der Waals surface area contributed by atoms with Crippen molar-refractivity contribution in [2.24, 2.45) is 0 Å². The van der Waals surface area contributed by atoms with E-state index in [2.05, 4.69) is 15.9 Å². The van der Waals surface area contributed by atoms with Gasteiger partial charge in [0.05, 0.1) is 24.7 Å². The number of nitrogens with zero attached hydrogens (tertiary/aromatic N) is 1. The Bertz CT molecular complexity index is 1030. The zero-order valence-corrected chi connectivity index (χ0v) is 19.8. The number of ether oxygens (including phenoxy) is 2. The number of hydrogen-bond acceptors (Lipinski definition) is 6.